The van der Waals surface area contributed by atoms with Gasteiger partial charge in [-0.05, 0) is 55.9 Å². The Balaban J connectivity index is 3.52. The average Bonchev–Trinajstić information content (AvgIpc) is 2.09. The zero-order valence-electron chi connectivity index (χ0n) is 6.55. The summed E-state index contributed by atoms with van der Waals surface area (Å²) in [6, 6.07) is 1.80. The number of benzene rings is 1. The van der Waals surface area contributed by atoms with Gasteiger partial charge in [-0.1, -0.05) is 16.7 Å². The van der Waals surface area contributed by atoms with Crippen LogP contribution >= 0.6 is 43.5 Å². The van der Waals surface area contributed by atoms with Gasteiger partial charge < -0.3 is 0 Å². The van der Waals surface area contributed by atoms with E-state index >= 15 is 0 Å². The van der Waals surface area contributed by atoms with Crippen molar-refractivity contribution < 1.29 is 0 Å². The largest absolute Gasteiger partial charge is 0.0819 e. The Morgan fingerprint density at radius 2 is 2.15 bits per heavy atom. The Bertz CT molecular complexity index is 399. The Morgan fingerprint density at radius 3 is 2.69 bits per heavy atom. The fourth-order valence-corrected chi connectivity index (χ4v) is 2.43. The Kier molecular flexibility index (Phi) is 3.62. The number of aryl methyl sites for hydroxylation is 1. The molecule has 0 spiro atoms. The molecular weight excluding hydrogens is 321 g/mol. The number of hydrogen-bond acceptors (Lipinski definition) is 1. The minimum Gasteiger partial charge on any atom is -0.0819 e. The molecular formula is C7H4Br2ClN3. The predicted molar refractivity (Wildman–Crippen MR) is 60.4 cm³/mol. The van der Waals surface area contributed by atoms with Crippen LogP contribution in [0.15, 0.2) is 20.1 Å². The van der Waals surface area contributed by atoms with E-state index in [1.807, 2.05) is 6.92 Å². The van der Waals surface area contributed by atoms with Gasteiger partial charge in [0, 0.05) is 13.9 Å². The summed E-state index contributed by atoms with van der Waals surface area (Å²) in [5.41, 5.74) is 9.70. The monoisotopic (exact) mass is 323 g/mol. The fraction of sp³-hybridized carbons (Fsp3) is 0.143. The van der Waals surface area contributed by atoms with Crippen molar-refractivity contribution in [3.63, 3.8) is 0 Å². The lowest BCUT2D eigenvalue weighted by molar-refractivity contribution is 1.34. The standard InChI is InChI=1S/C7H4Br2ClN3/c1-3-2-4(8)6(10)5(9)7(3)12-13-11/h2H,1H3. The molecule has 0 amide bonds. The van der Waals surface area contributed by atoms with Gasteiger partial charge in [-0.15, -0.1) is 0 Å². The van der Waals surface area contributed by atoms with Crippen molar-refractivity contribution in [2.24, 2.45) is 5.11 Å². The summed E-state index contributed by atoms with van der Waals surface area (Å²) in [7, 11) is 0. The Morgan fingerprint density at radius 1 is 1.54 bits per heavy atom. The van der Waals surface area contributed by atoms with Crippen molar-refractivity contribution >= 4 is 49.1 Å². The van der Waals surface area contributed by atoms with Crippen LogP contribution in [0.25, 0.3) is 10.4 Å². The third kappa shape index (κ3) is 2.17. The smallest absolute Gasteiger partial charge is 0.0694 e. The van der Waals surface area contributed by atoms with Gasteiger partial charge in [0.2, 0.25) is 0 Å². The van der Waals surface area contributed by atoms with Crippen molar-refractivity contribution in [1.82, 2.24) is 0 Å². The van der Waals surface area contributed by atoms with E-state index in [0.717, 1.165) is 10.0 Å². The van der Waals surface area contributed by atoms with Gasteiger partial charge in [-0.25, -0.2) is 0 Å². The van der Waals surface area contributed by atoms with Gasteiger partial charge in [-0.2, -0.15) is 0 Å². The molecule has 0 bridgehead atoms. The first kappa shape index (κ1) is 10.9. The van der Waals surface area contributed by atoms with Gasteiger partial charge in [0.1, 0.15) is 0 Å². The predicted octanol–water partition coefficient (Wildman–Crippen LogP) is 5.12. The second-order valence-corrected chi connectivity index (χ2v) is 4.37. The molecule has 0 aromatic heterocycles. The molecule has 0 heterocycles. The zero-order valence-corrected chi connectivity index (χ0v) is 10.5. The van der Waals surface area contributed by atoms with Crippen molar-refractivity contribution in [3.8, 4) is 0 Å². The molecule has 0 saturated carbocycles. The van der Waals surface area contributed by atoms with Crippen LogP contribution in [0.4, 0.5) is 5.69 Å². The number of halogens is 3. The molecule has 3 nitrogen and oxygen atoms in total. The SMILES string of the molecule is Cc1cc(Br)c(Cl)c(Br)c1N=[N+]=[N-]. The molecule has 0 aliphatic rings. The Hall–Kier alpha value is -0.220. The number of hydrogen-bond donors (Lipinski definition) is 0. The molecule has 0 aliphatic heterocycles. The highest BCUT2D eigenvalue weighted by Gasteiger charge is 2.09. The number of rotatable bonds is 1. The van der Waals surface area contributed by atoms with Crippen molar-refractivity contribution in [2.75, 3.05) is 0 Å². The highest BCUT2D eigenvalue weighted by atomic mass is 79.9. The first-order valence-corrected chi connectivity index (χ1v) is 5.23. The fourth-order valence-electron chi connectivity index (χ4n) is 0.871. The molecule has 0 fully saturated rings. The second-order valence-electron chi connectivity index (χ2n) is 2.34. The van der Waals surface area contributed by atoms with E-state index in [1.165, 1.54) is 0 Å². The van der Waals surface area contributed by atoms with Gasteiger partial charge in [-0.3, -0.25) is 0 Å². The normalized spacial score (nSPS) is 9.54. The second kappa shape index (κ2) is 4.33. The molecule has 1 aromatic rings. The van der Waals surface area contributed by atoms with Crippen LogP contribution in [0.1, 0.15) is 5.56 Å². The molecule has 1 aromatic carbocycles. The molecule has 6 heteroatoms. The van der Waals surface area contributed by atoms with E-state index in [-0.39, 0.29) is 0 Å². The molecule has 0 saturated heterocycles. The lowest BCUT2D eigenvalue weighted by Gasteiger charge is -2.06. The molecule has 0 unspecified atom stereocenters. The maximum Gasteiger partial charge on any atom is 0.0694 e. The maximum absolute atomic E-state index is 8.31. The summed E-state index contributed by atoms with van der Waals surface area (Å²) in [4.78, 5) is 2.72. The molecule has 1 rings (SSSR count). The van der Waals surface area contributed by atoms with E-state index in [9.17, 15) is 0 Å². The van der Waals surface area contributed by atoms with Crippen LogP contribution in [-0.2, 0) is 0 Å². The first-order valence-electron chi connectivity index (χ1n) is 3.27. The number of azide groups is 1. The minimum atomic E-state index is 0.507. The van der Waals surface area contributed by atoms with E-state index < -0.39 is 0 Å². The van der Waals surface area contributed by atoms with Crippen LogP contribution in [0.5, 0.6) is 0 Å². The summed E-state index contributed by atoms with van der Waals surface area (Å²) in [6.45, 7) is 1.84. The van der Waals surface area contributed by atoms with Crippen LogP contribution in [0.2, 0.25) is 5.02 Å². The third-order valence-electron chi connectivity index (χ3n) is 1.47. The van der Waals surface area contributed by atoms with Gasteiger partial charge in [0.05, 0.1) is 10.7 Å². The van der Waals surface area contributed by atoms with Crippen LogP contribution in [0.3, 0.4) is 0 Å². The highest BCUT2D eigenvalue weighted by molar-refractivity contribution is 9.11. The van der Waals surface area contributed by atoms with Crippen LogP contribution in [-0.4, -0.2) is 0 Å². The summed E-state index contributed by atoms with van der Waals surface area (Å²) >= 11 is 12.5. The quantitative estimate of drug-likeness (QED) is 0.298. The minimum absolute atomic E-state index is 0.507. The topological polar surface area (TPSA) is 48.8 Å². The van der Waals surface area contributed by atoms with Gasteiger partial charge in [0.25, 0.3) is 0 Å². The van der Waals surface area contributed by atoms with Crippen LogP contribution < -0.4 is 0 Å². The van der Waals surface area contributed by atoms with E-state index in [1.54, 1.807) is 6.07 Å². The van der Waals surface area contributed by atoms with Crippen molar-refractivity contribution in [1.29, 1.82) is 0 Å². The molecule has 0 N–H and O–H groups in total. The highest BCUT2D eigenvalue weighted by Crippen LogP contribution is 2.40. The third-order valence-corrected chi connectivity index (χ3v) is 3.72. The lowest BCUT2D eigenvalue weighted by Crippen LogP contribution is -1.79. The molecule has 0 atom stereocenters. The van der Waals surface area contributed by atoms with Crippen LogP contribution in [0, 0.1) is 6.92 Å². The van der Waals surface area contributed by atoms with Crippen molar-refractivity contribution in [2.45, 2.75) is 6.92 Å². The average molecular weight is 325 g/mol. The number of nitrogens with zero attached hydrogens (tertiary/aromatic N) is 3. The molecule has 0 aliphatic carbocycles. The summed E-state index contributed by atoms with van der Waals surface area (Å²) in [6.07, 6.45) is 0. The Labute approximate surface area is 97.0 Å². The van der Waals surface area contributed by atoms with E-state index in [4.69, 9.17) is 17.1 Å². The summed E-state index contributed by atoms with van der Waals surface area (Å²) in [5.74, 6) is 0. The summed E-state index contributed by atoms with van der Waals surface area (Å²) < 4.78 is 1.38. The first-order chi connectivity index (χ1) is 6.07. The van der Waals surface area contributed by atoms with Gasteiger partial charge >= 0.3 is 0 Å². The van der Waals surface area contributed by atoms with E-state index in [0.29, 0.717) is 15.2 Å². The molecule has 68 valence electrons. The maximum atomic E-state index is 8.31. The van der Waals surface area contributed by atoms with Crippen molar-refractivity contribution in [3.05, 3.63) is 36.0 Å². The zero-order chi connectivity index (χ0) is 10.0. The lowest BCUT2D eigenvalue weighted by atomic mass is 10.2. The van der Waals surface area contributed by atoms with Gasteiger partial charge in [0.15, 0.2) is 0 Å². The summed E-state index contributed by atoms with van der Waals surface area (Å²) in [5, 5.41) is 4.04. The van der Waals surface area contributed by atoms with E-state index in [2.05, 4.69) is 41.9 Å². The molecule has 0 radical (unpaired) electrons. The molecule has 13 heavy (non-hydrogen) atoms.